The van der Waals surface area contributed by atoms with Crippen molar-refractivity contribution in [3.05, 3.63) is 64.1 Å². The smallest absolute Gasteiger partial charge is 0.182 e. The Balaban J connectivity index is 1.93. The van der Waals surface area contributed by atoms with E-state index in [1.807, 2.05) is 12.1 Å². The zero-order valence-corrected chi connectivity index (χ0v) is 13.8. The normalized spacial score (nSPS) is 24.2. The minimum absolute atomic E-state index is 0.162. The molecule has 0 aliphatic heterocycles. The van der Waals surface area contributed by atoms with Gasteiger partial charge in [-0.25, -0.2) is 8.42 Å². The molecule has 116 valence electrons. The second kappa shape index (κ2) is 5.85. The summed E-state index contributed by atoms with van der Waals surface area (Å²) in [4.78, 5) is 0.233. The lowest BCUT2D eigenvalue weighted by Gasteiger charge is -2.04. The number of halogens is 2. The maximum Gasteiger partial charge on any atom is 0.182 e. The average molecular weight is 357 g/mol. The lowest BCUT2D eigenvalue weighted by atomic mass is 10.1. The summed E-state index contributed by atoms with van der Waals surface area (Å²) in [5.74, 6) is -0.496. The SMILES string of the molecule is O=S(=O)(c1ccc(Cl)cc1)[C@H]1[C@H](CO)[C@@H]1c1ccc(Cl)cc1. The molecule has 0 bridgehead atoms. The molecule has 1 saturated carbocycles. The van der Waals surface area contributed by atoms with Gasteiger partial charge in [-0.05, 0) is 42.0 Å². The van der Waals surface area contributed by atoms with Crippen LogP contribution in [0.3, 0.4) is 0 Å². The second-order valence-corrected chi connectivity index (χ2v) is 8.37. The van der Waals surface area contributed by atoms with E-state index in [2.05, 4.69) is 0 Å². The Morgan fingerprint density at radius 1 is 0.909 bits per heavy atom. The van der Waals surface area contributed by atoms with E-state index in [1.165, 1.54) is 12.1 Å². The third-order valence-corrected chi connectivity index (χ3v) is 6.86. The van der Waals surface area contributed by atoms with Gasteiger partial charge in [0.1, 0.15) is 0 Å². The number of hydrogen-bond donors (Lipinski definition) is 1. The van der Waals surface area contributed by atoms with Crippen LogP contribution in [0.2, 0.25) is 10.0 Å². The van der Waals surface area contributed by atoms with Gasteiger partial charge in [-0.15, -0.1) is 0 Å². The molecule has 3 atom stereocenters. The predicted molar refractivity (Wildman–Crippen MR) is 87.2 cm³/mol. The topological polar surface area (TPSA) is 54.4 Å². The number of hydrogen-bond acceptors (Lipinski definition) is 3. The summed E-state index contributed by atoms with van der Waals surface area (Å²) in [5.41, 5.74) is 0.881. The second-order valence-electron chi connectivity index (χ2n) is 5.39. The lowest BCUT2D eigenvalue weighted by Crippen LogP contribution is -2.11. The lowest BCUT2D eigenvalue weighted by molar-refractivity contribution is 0.274. The molecule has 0 spiro atoms. The van der Waals surface area contributed by atoms with Gasteiger partial charge in [-0.1, -0.05) is 35.3 Å². The molecule has 2 aromatic rings. The summed E-state index contributed by atoms with van der Waals surface area (Å²) >= 11 is 11.7. The molecule has 22 heavy (non-hydrogen) atoms. The van der Waals surface area contributed by atoms with Crippen molar-refractivity contribution in [2.45, 2.75) is 16.1 Å². The van der Waals surface area contributed by atoms with E-state index in [4.69, 9.17) is 23.2 Å². The first-order chi connectivity index (χ1) is 10.4. The molecule has 0 radical (unpaired) electrons. The molecule has 1 aliphatic carbocycles. The fraction of sp³-hybridized carbons (Fsp3) is 0.250. The van der Waals surface area contributed by atoms with Crippen LogP contribution < -0.4 is 0 Å². The zero-order valence-electron chi connectivity index (χ0n) is 11.5. The highest BCUT2D eigenvalue weighted by Gasteiger charge is 2.58. The third kappa shape index (κ3) is 2.76. The monoisotopic (exact) mass is 356 g/mol. The van der Waals surface area contributed by atoms with Crippen molar-refractivity contribution in [3.8, 4) is 0 Å². The molecule has 3 nitrogen and oxygen atoms in total. The van der Waals surface area contributed by atoms with Crippen LogP contribution in [-0.4, -0.2) is 25.4 Å². The largest absolute Gasteiger partial charge is 0.396 e. The summed E-state index contributed by atoms with van der Waals surface area (Å²) in [5, 5.41) is 9.98. The van der Waals surface area contributed by atoms with Crippen LogP contribution in [0, 0.1) is 5.92 Å². The zero-order chi connectivity index (χ0) is 15.9. The molecule has 0 saturated heterocycles. The maximum absolute atomic E-state index is 12.7. The van der Waals surface area contributed by atoms with E-state index >= 15 is 0 Å². The van der Waals surface area contributed by atoms with Crippen LogP contribution in [0.25, 0.3) is 0 Å². The first kappa shape index (κ1) is 15.8. The quantitative estimate of drug-likeness (QED) is 0.911. The molecular weight excluding hydrogens is 343 g/mol. The highest BCUT2D eigenvalue weighted by Crippen LogP contribution is 2.53. The number of sulfone groups is 1. The van der Waals surface area contributed by atoms with Gasteiger partial charge in [-0.2, -0.15) is 0 Å². The predicted octanol–water partition coefficient (Wildman–Crippen LogP) is 3.54. The van der Waals surface area contributed by atoms with Crippen molar-refractivity contribution in [1.29, 1.82) is 0 Å². The Kier molecular flexibility index (Phi) is 4.21. The number of aliphatic hydroxyl groups excluding tert-OH is 1. The summed E-state index contributed by atoms with van der Waals surface area (Å²) < 4.78 is 25.5. The molecule has 1 N–H and O–H groups in total. The van der Waals surface area contributed by atoms with Crippen LogP contribution in [0.4, 0.5) is 0 Å². The Hall–Kier alpha value is -1.07. The molecule has 1 fully saturated rings. The van der Waals surface area contributed by atoms with Crippen LogP contribution >= 0.6 is 23.2 Å². The standard InChI is InChI=1S/C16H14Cl2O3S/c17-11-3-1-10(2-4-11)15-14(9-19)16(15)22(20,21)13-7-5-12(18)6-8-13/h1-8,14-16,19H,9H2/t14-,15+,16+/m1/s1. The van der Waals surface area contributed by atoms with E-state index in [9.17, 15) is 13.5 Å². The summed E-state index contributed by atoms with van der Waals surface area (Å²) in [6.07, 6.45) is 0. The van der Waals surface area contributed by atoms with Crippen LogP contribution in [-0.2, 0) is 9.84 Å². The van der Waals surface area contributed by atoms with Gasteiger partial charge < -0.3 is 5.11 Å². The Morgan fingerprint density at radius 3 is 1.91 bits per heavy atom. The highest BCUT2D eigenvalue weighted by molar-refractivity contribution is 7.92. The van der Waals surface area contributed by atoms with Crippen LogP contribution in [0.15, 0.2) is 53.4 Å². The number of aliphatic hydroxyl groups is 1. The van der Waals surface area contributed by atoms with Crippen molar-refractivity contribution < 1.29 is 13.5 Å². The van der Waals surface area contributed by atoms with E-state index in [0.29, 0.717) is 10.0 Å². The Labute approximate surface area is 139 Å². The van der Waals surface area contributed by atoms with E-state index in [-0.39, 0.29) is 23.3 Å². The molecular formula is C16H14Cl2O3S. The van der Waals surface area contributed by atoms with E-state index in [1.54, 1.807) is 24.3 Å². The highest BCUT2D eigenvalue weighted by atomic mass is 35.5. The Bertz CT molecular complexity index is 770. The average Bonchev–Trinajstić information content (AvgIpc) is 3.24. The summed E-state index contributed by atoms with van der Waals surface area (Å²) in [7, 11) is -3.50. The summed E-state index contributed by atoms with van der Waals surface area (Å²) in [6.45, 7) is -0.162. The molecule has 0 unspecified atom stereocenters. The van der Waals surface area contributed by atoms with Crippen molar-refractivity contribution in [2.75, 3.05) is 6.61 Å². The fourth-order valence-corrected chi connectivity index (χ4v) is 5.34. The summed E-state index contributed by atoms with van der Waals surface area (Å²) in [6, 6.07) is 13.2. The molecule has 3 rings (SSSR count). The van der Waals surface area contributed by atoms with Gasteiger partial charge in [0.25, 0.3) is 0 Å². The molecule has 1 aliphatic rings. The minimum atomic E-state index is -3.50. The Morgan fingerprint density at radius 2 is 1.41 bits per heavy atom. The van der Waals surface area contributed by atoms with Crippen LogP contribution in [0.5, 0.6) is 0 Å². The van der Waals surface area contributed by atoms with Gasteiger partial charge in [-0.3, -0.25) is 0 Å². The van der Waals surface area contributed by atoms with Gasteiger partial charge >= 0.3 is 0 Å². The van der Waals surface area contributed by atoms with E-state index in [0.717, 1.165) is 5.56 Å². The first-order valence-corrected chi connectivity index (χ1v) is 9.11. The molecule has 2 aromatic carbocycles. The number of rotatable bonds is 4. The third-order valence-electron chi connectivity index (χ3n) is 4.06. The molecule has 0 amide bonds. The fourth-order valence-electron chi connectivity index (χ4n) is 2.89. The number of benzene rings is 2. The van der Waals surface area contributed by atoms with Gasteiger partial charge in [0.2, 0.25) is 0 Å². The van der Waals surface area contributed by atoms with Crippen molar-refractivity contribution in [3.63, 3.8) is 0 Å². The minimum Gasteiger partial charge on any atom is -0.396 e. The van der Waals surface area contributed by atoms with E-state index < -0.39 is 15.1 Å². The van der Waals surface area contributed by atoms with Crippen molar-refractivity contribution in [1.82, 2.24) is 0 Å². The maximum atomic E-state index is 12.7. The molecule has 0 heterocycles. The van der Waals surface area contributed by atoms with Crippen molar-refractivity contribution in [2.24, 2.45) is 5.92 Å². The molecule has 0 aromatic heterocycles. The molecule has 6 heteroatoms. The van der Waals surface area contributed by atoms with Crippen molar-refractivity contribution >= 4 is 33.0 Å². The van der Waals surface area contributed by atoms with Gasteiger partial charge in [0.15, 0.2) is 9.84 Å². The van der Waals surface area contributed by atoms with Crippen LogP contribution in [0.1, 0.15) is 11.5 Å². The van der Waals surface area contributed by atoms with Gasteiger partial charge in [0.05, 0.1) is 10.1 Å². The first-order valence-electron chi connectivity index (χ1n) is 6.81. The van der Waals surface area contributed by atoms with Gasteiger partial charge in [0, 0.05) is 28.5 Å².